The Morgan fingerprint density at radius 1 is 1.30 bits per heavy atom. The molecule has 1 aromatic heterocycles. The van der Waals surface area contributed by atoms with Gasteiger partial charge in [0.15, 0.2) is 6.10 Å². The largest absolute Gasteiger partial charge is 0.453 e. The van der Waals surface area contributed by atoms with Gasteiger partial charge in [-0.3, -0.25) is 10.1 Å². The average molecular weight is 323 g/mol. The van der Waals surface area contributed by atoms with E-state index in [1.54, 1.807) is 6.92 Å². The van der Waals surface area contributed by atoms with Crippen LogP contribution in [0.15, 0.2) is 22.6 Å². The van der Waals surface area contributed by atoms with Crippen LogP contribution in [0.4, 0.5) is 9.18 Å². The molecule has 0 spiro atoms. The third-order valence-electron chi connectivity index (χ3n) is 3.15. The summed E-state index contributed by atoms with van der Waals surface area (Å²) in [6, 6.07) is 3.83. The fraction of sp³-hybridized carbons (Fsp3) is 0.267. The van der Waals surface area contributed by atoms with E-state index in [-0.39, 0.29) is 5.76 Å². The third-order valence-corrected chi connectivity index (χ3v) is 3.15. The van der Waals surface area contributed by atoms with Crippen LogP contribution in [0.5, 0.6) is 0 Å². The van der Waals surface area contributed by atoms with Gasteiger partial charge in [0, 0.05) is 10.9 Å². The number of carbonyl (C=O) groups is 3. The van der Waals surface area contributed by atoms with E-state index >= 15 is 0 Å². The molecule has 0 bridgehead atoms. The van der Waals surface area contributed by atoms with Crippen LogP contribution >= 0.6 is 0 Å². The molecule has 1 aromatic carbocycles. The summed E-state index contributed by atoms with van der Waals surface area (Å²) >= 11 is 0. The van der Waals surface area contributed by atoms with E-state index in [9.17, 15) is 18.8 Å². The lowest BCUT2D eigenvalue weighted by atomic mass is 10.1. The number of carbonyl (C=O) groups excluding carboxylic acids is 3. The zero-order valence-corrected chi connectivity index (χ0v) is 12.6. The van der Waals surface area contributed by atoms with Gasteiger partial charge in [-0.2, -0.15) is 0 Å². The van der Waals surface area contributed by atoms with E-state index in [4.69, 9.17) is 9.15 Å². The predicted octanol–water partition coefficient (Wildman–Crippen LogP) is 2.31. The number of esters is 1. The second-order valence-corrected chi connectivity index (χ2v) is 4.73. The summed E-state index contributed by atoms with van der Waals surface area (Å²) in [5, 5.41) is 2.31. The first-order valence-corrected chi connectivity index (χ1v) is 6.62. The van der Waals surface area contributed by atoms with Gasteiger partial charge in [0.2, 0.25) is 5.76 Å². The van der Waals surface area contributed by atoms with Gasteiger partial charge in [0.05, 0.1) is 7.11 Å². The quantitative estimate of drug-likeness (QED) is 0.871. The Balaban J connectivity index is 2.16. The van der Waals surface area contributed by atoms with E-state index in [0.717, 1.165) is 7.11 Å². The summed E-state index contributed by atoms with van der Waals surface area (Å²) < 4.78 is 27.8. The molecular weight excluding hydrogens is 309 g/mol. The van der Waals surface area contributed by atoms with E-state index in [1.807, 2.05) is 5.32 Å². The first-order valence-electron chi connectivity index (χ1n) is 6.62. The second-order valence-electron chi connectivity index (χ2n) is 4.73. The van der Waals surface area contributed by atoms with Gasteiger partial charge in [-0.25, -0.2) is 14.0 Å². The summed E-state index contributed by atoms with van der Waals surface area (Å²) in [7, 11) is 1.09. The average Bonchev–Trinajstić information content (AvgIpc) is 2.83. The lowest BCUT2D eigenvalue weighted by Gasteiger charge is -2.11. The first-order chi connectivity index (χ1) is 10.8. The molecule has 1 atom stereocenters. The van der Waals surface area contributed by atoms with Gasteiger partial charge in [0.1, 0.15) is 11.4 Å². The Hall–Kier alpha value is -2.90. The SMILES string of the molecule is COC(=O)NC(=O)[C@H](C)OC(=O)c1oc2ccc(F)cc2c1C. The molecule has 0 aliphatic carbocycles. The normalized spacial score (nSPS) is 11.8. The number of imide groups is 1. The van der Waals surface area contributed by atoms with Crippen LogP contribution in [0.2, 0.25) is 0 Å². The fourth-order valence-electron chi connectivity index (χ4n) is 1.91. The highest BCUT2D eigenvalue weighted by Gasteiger charge is 2.25. The number of aryl methyl sites for hydroxylation is 1. The second kappa shape index (κ2) is 6.47. The summed E-state index contributed by atoms with van der Waals surface area (Å²) in [6.45, 7) is 2.86. The fourth-order valence-corrected chi connectivity index (χ4v) is 1.91. The van der Waals surface area contributed by atoms with E-state index in [1.165, 1.54) is 25.1 Å². The van der Waals surface area contributed by atoms with Crippen molar-refractivity contribution in [2.24, 2.45) is 0 Å². The minimum Gasteiger partial charge on any atom is -0.453 e. The number of benzene rings is 1. The number of fused-ring (bicyclic) bond motifs is 1. The van der Waals surface area contributed by atoms with Crippen LogP contribution in [-0.2, 0) is 14.3 Å². The molecule has 2 amide bonds. The predicted molar refractivity (Wildman–Crippen MR) is 76.3 cm³/mol. The highest BCUT2D eigenvalue weighted by atomic mass is 19.1. The Bertz CT molecular complexity index is 782. The lowest BCUT2D eigenvalue weighted by Crippen LogP contribution is -2.39. The van der Waals surface area contributed by atoms with Crippen LogP contribution in [-0.4, -0.2) is 31.2 Å². The number of furan rings is 1. The van der Waals surface area contributed by atoms with Gasteiger partial charge < -0.3 is 13.9 Å². The molecule has 1 heterocycles. The van der Waals surface area contributed by atoms with Crippen LogP contribution < -0.4 is 5.32 Å². The molecule has 0 aliphatic rings. The van der Waals surface area contributed by atoms with E-state index in [2.05, 4.69) is 4.74 Å². The number of amides is 2. The first kappa shape index (κ1) is 16.5. The molecule has 0 radical (unpaired) electrons. The standard InChI is InChI=1S/C15H14FNO6/c1-7-10-6-9(16)4-5-11(10)23-12(7)14(19)22-8(2)13(18)17-15(20)21-3/h4-6,8H,1-3H3,(H,17,18,20)/t8-/m0/s1. The highest BCUT2D eigenvalue weighted by molar-refractivity contribution is 5.99. The number of ether oxygens (including phenoxy) is 2. The molecule has 7 nitrogen and oxygen atoms in total. The number of hydrogen-bond donors (Lipinski definition) is 1. The van der Waals surface area contributed by atoms with Crippen molar-refractivity contribution in [1.82, 2.24) is 5.32 Å². The maximum absolute atomic E-state index is 13.2. The van der Waals surface area contributed by atoms with Gasteiger partial charge in [0.25, 0.3) is 5.91 Å². The maximum atomic E-state index is 13.2. The number of alkyl carbamates (subject to hydrolysis) is 1. The van der Waals surface area contributed by atoms with Crippen molar-refractivity contribution in [1.29, 1.82) is 0 Å². The molecule has 2 rings (SSSR count). The van der Waals surface area contributed by atoms with Crippen LogP contribution in [0.1, 0.15) is 23.0 Å². The molecule has 23 heavy (non-hydrogen) atoms. The number of nitrogens with one attached hydrogen (secondary N) is 1. The van der Waals surface area contributed by atoms with Crippen LogP contribution in [0, 0.1) is 12.7 Å². The number of rotatable bonds is 3. The Kier molecular flexibility index (Phi) is 4.63. The van der Waals surface area contributed by atoms with Crippen molar-refractivity contribution in [2.75, 3.05) is 7.11 Å². The number of hydrogen-bond acceptors (Lipinski definition) is 6. The molecule has 0 fully saturated rings. The smallest absolute Gasteiger partial charge is 0.413 e. The molecule has 1 N–H and O–H groups in total. The van der Waals surface area contributed by atoms with E-state index in [0.29, 0.717) is 16.5 Å². The zero-order chi connectivity index (χ0) is 17.1. The summed E-state index contributed by atoms with van der Waals surface area (Å²) in [4.78, 5) is 34.6. The molecule has 0 aliphatic heterocycles. The van der Waals surface area contributed by atoms with E-state index < -0.39 is 29.9 Å². The number of methoxy groups -OCH3 is 1. The molecule has 0 saturated heterocycles. The summed E-state index contributed by atoms with van der Waals surface area (Å²) in [5.74, 6) is -2.34. The topological polar surface area (TPSA) is 94.8 Å². The van der Waals surface area contributed by atoms with Gasteiger partial charge in [-0.05, 0) is 32.0 Å². The summed E-state index contributed by atoms with van der Waals surface area (Å²) in [5.41, 5.74) is 0.715. The van der Waals surface area contributed by atoms with Crippen molar-refractivity contribution < 1.29 is 32.7 Å². The molecule has 0 saturated carbocycles. The Morgan fingerprint density at radius 3 is 2.65 bits per heavy atom. The van der Waals surface area contributed by atoms with Crippen molar-refractivity contribution in [3.05, 3.63) is 35.3 Å². The van der Waals surface area contributed by atoms with Crippen molar-refractivity contribution in [3.8, 4) is 0 Å². The maximum Gasteiger partial charge on any atom is 0.413 e. The lowest BCUT2D eigenvalue weighted by molar-refractivity contribution is -0.128. The minimum absolute atomic E-state index is 0.136. The third kappa shape index (κ3) is 3.47. The Morgan fingerprint density at radius 2 is 2.00 bits per heavy atom. The summed E-state index contributed by atoms with van der Waals surface area (Å²) in [6.07, 6.45) is -2.21. The van der Waals surface area contributed by atoms with Crippen molar-refractivity contribution in [3.63, 3.8) is 0 Å². The van der Waals surface area contributed by atoms with Crippen LogP contribution in [0.3, 0.4) is 0 Å². The number of halogens is 1. The monoisotopic (exact) mass is 323 g/mol. The Labute approximate surface area is 130 Å². The molecule has 122 valence electrons. The molecular formula is C15H14FNO6. The highest BCUT2D eigenvalue weighted by Crippen LogP contribution is 2.26. The van der Waals surface area contributed by atoms with Gasteiger partial charge in [-0.15, -0.1) is 0 Å². The zero-order valence-electron chi connectivity index (χ0n) is 12.6. The van der Waals surface area contributed by atoms with Crippen LogP contribution in [0.25, 0.3) is 11.0 Å². The molecule has 0 unspecified atom stereocenters. The molecule has 8 heteroatoms. The van der Waals surface area contributed by atoms with Gasteiger partial charge in [-0.1, -0.05) is 0 Å². The minimum atomic E-state index is -1.24. The van der Waals surface area contributed by atoms with Crippen molar-refractivity contribution in [2.45, 2.75) is 20.0 Å². The van der Waals surface area contributed by atoms with Gasteiger partial charge >= 0.3 is 12.1 Å². The molecule has 2 aromatic rings. The van der Waals surface area contributed by atoms with Crippen molar-refractivity contribution >= 4 is 28.9 Å².